The van der Waals surface area contributed by atoms with E-state index in [1.54, 1.807) is 0 Å². The van der Waals surface area contributed by atoms with Gasteiger partial charge in [0, 0.05) is 3.57 Å². The van der Waals surface area contributed by atoms with E-state index in [1.807, 2.05) is 0 Å². The standard InChI is InChI=1S/C15H11I/c1-10-14-5-3-2-4-11(14)8-12-6-7-13(16)9-15(10)12/h2-9H,1H3. The lowest BCUT2D eigenvalue weighted by Gasteiger charge is -2.07. The zero-order valence-corrected chi connectivity index (χ0v) is 11.2. The highest BCUT2D eigenvalue weighted by Crippen LogP contribution is 2.28. The van der Waals surface area contributed by atoms with Crippen LogP contribution in [0.15, 0.2) is 48.5 Å². The van der Waals surface area contributed by atoms with E-state index in [1.165, 1.54) is 30.7 Å². The fourth-order valence-corrected chi connectivity index (χ4v) is 2.75. The summed E-state index contributed by atoms with van der Waals surface area (Å²) in [5.74, 6) is 0. The highest BCUT2D eigenvalue weighted by atomic mass is 127. The van der Waals surface area contributed by atoms with Gasteiger partial charge in [-0.3, -0.25) is 0 Å². The van der Waals surface area contributed by atoms with Gasteiger partial charge in [-0.1, -0.05) is 30.3 Å². The first-order valence-corrected chi connectivity index (χ1v) is 6.41. The maximum Gasteiger partial charge on any atom is 0.0136 e. The zero-order valence-electron chi connectivity index (χ0n) is 9.00. The molecule has 78 valence electrons. The molecule has 0 fully saturated rings. The van der Waals surface area contributed by atoms with Crippen molar-refractivity contribution in [3.05, 3.63) is 57.7 Å². The number of aryl methyl sites for hydroxylation is 1. The maximum absolute atomic E-state index is 2.37. The smallest absolute Gasteiger partial charge is 0.0136 e. The number of rotatable bonds is 0. The predicted molar refractivity (Wildman–Crippen MR) is 78.9 cm³/mol. The molecule has 0 aromatic heterocycles. The highest BCUT2D eigenvalue weighted by Gasteiger charge is 2.03. The van der Waals surface area contributed by atoms with Crippen LogP contribution in [0.2, 0.25) is 0 Å². The molecule has 0 radical (unpaired) electrons. The summed E-state index contributed by atoms with van der Waals surface area (Å²) in [5, 5.41) is 5.38. The van der Waals surface area contributed by atoms with E-state index in [0.717, 1.165) is 0 Å². The summed E-state index contributed by atoms with van der Waals surface area (Å²) in [5.41, 5.74) is 1.38. The van der Waals surface area contributed by atoms with Crippen LogP contribution in [-0.4, -0.2) is 0 Å². The van der Waals surface area contributed by atoms with Gasteiger partial charge in [0.2, 0.25) is 0 Å². The van der Waals surface area contributed by atoms with E-state index in [-0.39, 0.29) is 0 Å². The number of hydrogen-bond acceptors (Lipinski definition) is 0. The topological polar surface area (TPSA) is 0 Å². The normalized spacial score (nSPS) is 11.1. The van der Waals surface area contributed by atoms with Crippen LogP contribution in [0.25, 0.3) is 21.5 Å². The average Bonchev–Trinajstić information content (AvgIpc) is 2.31. The lowest BCUT2D eigenvalue weighted by Crippen LogP contribution is -1.83. The number of benzene rings is 3. The molecule has 0 heterocycles. The Morgan fingerprint density at radius 1 is 0.812 bits per heavy atom. The van der Waals surface area contributed by atoms with Gasteiger partial charge < -0.3 is 0 Å². The molecule has 0 amide bonds. The van der Waals surface area contributed by atoms with Crippen molar-refractivity contribution in [1.82, 2.24) is 0 Å². The van der Waals surface area contributed by atoms with Crippen molar-refractivity contribution in [2.75, 3.05) is 0 Å². The number of fused-ring (bicyclic) bond motifs is 2. The Morgan fingerprint density at radius 3 is 2.44 bits per heavy atom. The third kappa shape index (κ3) is 1.50. The van der Waals surface area contributed by atoms with Crippen molar-refractivity contribution < 1.29 is 0 Å². The molecular weight excluding hydrogens is 307 g/mol. The Kier molecular flexibility index (Phi) is 2.36. The minimum absolute atomic E-state index is 1.29. The van der Waals surface area contributed by atoms with Crippen molar-refractivity contribution in [3.8, 4) is 0 Å². The van der Waals surface area contributed by atoms with Crippen molar-refractivity contribution >= 4 is 44.1 Å². The molecule has 0 atom stereocenters. The van der Waals surface area contributed by atoms with Crippen LogP contribution in [0, 0.1) is 10.5 Å². The Hall–Kier alpha value is -1.09. The van der Waals surface area contributed by atoms with Gasteiger partial charge in [-0.2, -0.15) is 0 Å². The first-order chi connectivity index (χ1) is 7.75. The van der Waals surface area contributed by atoms with E-state index >= 15 is 0 Å². The Bertz CT molecular complexity index is 683. The Labute approximate surface area is 108 Å². The second-order valence-electron chi connectivity index (χ2n) is 4.09. The van der Waals surface area contributed by atoms with E-state index < -0.39 is 0 Å². The fraction of sp³-hybridized carbons (Fsp3) is 0.0667. The average molecular weight is 318 g/mol. The molecule has 0 aliphatic carbocycles. The second kappa shape index (κ2) is 3.74. The summed E-state index contributed by atoms with van der Waals surface area (Å²) < 4.78 is 1.29. The summed E-state index contributed by atoms with van der Waals surface area (Å²) in [6, 6.07) is 17.5. The van der Waals surface area contributed by atoms with E-state index in [4.69, 9.17) is 0 Å². The molecule has 0 bridgehead atoms. The third-order valence-electron chi connectivity index (χ3n) is 3.10. The molecular formula is C15H11I. The fourth-order valence-electron chi connectivity index (χ4n) is 2.26. The number of hydrogen-bond donors (Lipinski definition) is 0. The van der Waals surface area contributed by atoms with E-state index in [2.05, 4.69) is 78.0 Å². The summed E-state index contributed by atoms with van der Waals surface area (Å²) in [6.45, 7) is 2.21. The molecule has 3 rings (SSSR count). The zero-order chi connectivity index (χ0) is 11.1. The first-order valence-electron chi connectivity index (χ1n) is 5.33. The molecule has 0 N–H and O–H groups in total. The molecule has 3 aromatic carbocycles. The van der Waals surface area contributed by atoms with Crippen LogP contribution in [0.3, 0.4) is 0 Å². The van der Waals surface area contributed by atoms with Crippen molar-refractivity contribution in [2.45, 2.75) is 6.92 Å². The highest BCUT2D eigenvalue weighted by molar-refractivity contribution is 14.1. The summed E-state index contributed by atoms with van der Waals surface area (Å²) in [7, 11) is 0. The molecule has 0 saturated carbocycles. The lowest BCUT2D eigenvalue weighted by molar-refractivity contribution is 1.57. The molecule has 1 heteroatoms. The minimum atomic E-state index is 1.29. The van der Waals surface area contributed by atoms with Gasteiger partial charge in [-0.25, -0.2) is 0 Å². The molecule has 0 unspecified atom stereocenters. The van der Waals surface area contributed by atoms with E-state index in [0.29, 0.717) is 0 Å². The molecule has 0 aliphatic rings. The number of halogens is 1. The molecule has 0 saturated heterocycles. The van der Waals surface area contributed by atoms with E-state index in [9.17, 15) is 0 Å². The molecule has 0 nitrogen and oxygen atoms in total. The summed E-state index contributed by atoms with van der Waals surface area (Å²) >= 11 is 2.37. The van der Waals surface area contributed by atoms with Crippen molar-refractivity contribution in [2.24, 2.45) is 0 Å². The monoisotopic (exact) mass is 318 g/mol. The predicted octanol–water partition coefficient (Wildman–Crippen LogP) is 4.91. The third-order valence-corrected chi connectivity index (χ3v) is 3.77. The van der Waals surface area contributed by atoms with Crippen LogP contribution in [0.1, 0.15) is 5.56 Å². The maximum atomic E-state index is 2.37. The van der Waals surface area contributed by atoms with Gasteiger partial charge in [0.1, 0.15) is 0 Å². The van der Waals surface area contributed by atoms with Gasteiger partial charge >= 0.3 is 0 Å². The SMILES string of the molecule is Cc1c2ccccc2cc2ccc(I)cc12. The first kappa shape index (κ1) is 10.1. The van der Waals surface area contributed by atoms with Gasteiger partial charge in [-0.15, -0.1) is 0 Å². The van der Waals surface area contributed by atoms with Crippen LogP contribution in [-0.2, 0) is 0 Å². The molecule has 16 heavy (non-hydrogen) atoms. The quantitative estimate of drug-likeness (QED) is 0.408. The van der Waals surface area contributed by atoms with Gasteiger partial charge in [0.25, 0.3) is 0 Å². The van der Waals surface area contributed by atoms with Crippen molar-refractivity contribution in [3.63, 3.8) is 0 Å². The van der Waals surface area contributed by atoms with Gasteiger partial charge in [0.15, 0.2) is 0 Å². The van der Waals surface area contributed by atoms with Crippen LogP contribution in [0.4, 0.5) is 0 Å². The van der Waals surface area contributed by atoms with Crippen LogP contribution in [0.5, 0.6) is 0 Å². The molecule has 0 spiro atoms. The molecule has 0 aliphatic heterocycles. The Morgan fingerprint density at radius 2 is 1.56 bits per heavy atom. The summed E-state index contributed by atoms with van der Waals surface area (Å²) in [4.78, 5) is 0. The van der Waals surface area contributed by atoms with Gasteiger partial charge in [0.05, 0.1) is 0 Å². The largest absolute Gasteiger partial charge is 0.0616 e. The minimum Gasteiger partial charge on any atom is -0.0616 e. The Balaban J connectivity index is 2.56. The van der Waals surface area contributed by atoms with Crippen LogP contribution >= 0.6 is 22.6 Å². The van der Waals surface area contributed by atoms with Crippen molar-refractivity contribution in [1.29, 1.82) is 0 Å². The second-order valence-corrected chi connectivity index (χ2v) is 5.33. The lowest BCUT2D eigenvalue weighted by atomic mass is 9.98. The summed E-state index contributed by atoms with van der Waals surface area (Å²) in [6.07, 6.45) is 0. The van der Waals surface area contributed by atoms with Gasteiger partial charge in [-0.05, 0) is 74.8 Å². The van der Waals surface area contributed by atoms with Crippen LogP contribution < -0.4 is 0 Å². The molecule has 3 aromatic rings.